The minimum absolute atomic E-state index is 0.148. The first-order valence-electron chi connectivity index (χ1n) is 5.72. The molecule has 100 valence electrons. The maximum atomic E-state index is 11.7. The van der Waals surface area contributed by atoms with Gasteiger partial charge in [-0.3, -0.25) is 14.2 Å². The second-order valence-corrected chi connectivity index (χ2v) is 5.18. The molecule has 1 amide bonds. The third kappa shape index (κ3) is 2.67. The van der Waals surface area contributed by atoms with Crippen LogP contribution in [0.5, 0.6) is 0 Å². The van der Waals surface area contributed by atoms with E-state index in [0.29, 0.717) is 23.0 Å². The van der Waals surface area contributed by atoms with Crippen LogP contribution in [0.4, 0.5) is 5.69 Å². The Morgan fingerprint density at radius 3 is 2.68 bits per heavy atom. The lowest BCUT2D eigenvalue weighted by molar-refractivity contribution is -0.115. The molecule has 0 radical (unpaired) electrons. The van der Waals surface area contributed by atoms with E-state index >= 15 is 0 Å². The van der Waals surface area contributed by atoms with Crippen LogP contribution in [0.1, 0.15) is 18.1 Å². The first-order chi connectivity index (χ1) is 9.06. The van der Waals surface area contributed by atoms with Crippen molar-refractivity contribution in [2.45, 2.75) is 13.3 Å². The van der Waals surface area contributed by atoms with Gasteiger partial charge in [-0.2, -0.15) is 0 Å². The summed E-state index contributed by atoms with van der Waals surface area (Å²) in [6.07, 6.45) is 0.343. The van der Waals surface area contributed by atoms with Crippen LogP contribution < -0.4 is 5.32 Å². The van der Waals surface area contributed by atoms with Gasteiger partial charge in [0.15, 0.2) is 0 Å². The minimum atomic E-state index is -0.192. The van der Waals surface area contributed by atoms with Gasteiger partial charge in [-0.15, -0.1) is 0 Å². The molecule has 19 heavy (non-hydrogen) atoms. The number of anilines is 1. The van der Waals surface area contributed by atoms with Crippen LogP contribution in [0.25, 0.3) is 10.9 Å². The van der Waals surface area contributed by atoms with E-state index in [4.69, 9.17) is 11.6 Å². The highest BCUT2D eigenvalue weighted by molar-refractivity contribution is 9.09. The predicted molar refractivity (Wildman–Crippen MR) is 80.3 cm³/mol. The molecule has 0 saturated heterocycles. The van der Waals surface area contributed by atoms with Crippen LogP contribution in [0.15, 0.2) is 24.3 Å². The van der Waals surface area contributed by atoms with Crippen LogP contribution in [-0.4, -0.2) is 21.7 Å². The monoisotopic (exact) mass is 342 g/mol. The summed E-state index contributed by atoms with van der Waals surface area (Å²) in [7, 11) is 0. The summed E-state index contributed by atoms with van der Waals surface area (Å²) >= 11 is 9.41. The highest BCUT2D eigenvalue weighted by atomic mass is 79.9. The average Bonchev–Trinajstić information content (AvgIpc) is 2.63. The van der Waals surface area contributed by atoms with Crippen LogP contribution >= 0.6 is 27.5 Å². The van der Waals surface area contributed by atoms with Crippen molar-refractivity contribution in [3.63, 3.8) is 0 Å². The van der Waals surface area contributed by atoms with Gasteiger partial charge in [0.2, 0.25) is 11.8 Å². The molecule has 0 atom stereocenters. The summed E-state index contributed by atoms with van der Waals surface area (Å²) in [5, 5.41) is 4.31. The van der Waals surface area contributed by atoms with Gasteiger partial charge in [0.05, 0.1) is 11.2 Å². The summed E-state index contributed by atoms with van der Waals surface area (Å²) in [6.45, 7) is 1.43. The highest BCUT2D eigenvalue weighted by Gasteiger charge is 2.19. The van der Waals surface area contributed by atoms with Crippen LogP contribution in [0.2, 0.25) is 5.15 Å². The number of aromatic nitrogens is 1. The molecule has 0 aliphatic carbocycles. The van der Waals surface area contributed by atoms with Crippen molar-refractivity contribution in [3.05, 3.63) is 29.4 Å². The average molecular weight is 344 g/mol. The van der Waals surface area contributed by atoms with E-state index in [2.05, 4.69) is 21.2 Å². The molecule has 4 nitrogen and oxygen atoms in total. The summed E-state index contributed by atoms with van der Waals surface area (Å²) in [6, 6.07) is 7.28. The van der Waals surface area contributed by atoms with Crippen molar-refractivity contribution in [2.24, 2.45) is 0 Å². The van der Waals surface area contributed by atoms with E-state index in [0.717, 1.165) is 5.39 Å². The Hall–Kier alpha value is -1.33. The maximum absolute atomic E-state index is 11.7. The number of fused-ring (bicyclic) bond motifs is 1. The molecule has 1 heterocycles. The van der Waals surface area contributed by atoms with Crippen molar-refractivity contribution >= 4 is 55.9 Å². The third-order valence-corrected chi connectivity index (χ3v) is 3.47. The van der Waals surface area contributed by atoms with E-state index in [9.17, 15) is 9.59 Å². The Bertz CT molecular complexity index is 651. The van der Waals surface area contributed by atoms with Crippen molar-refractivity contribution in [1.29, 1.82) is 0 Å². The van der Waals surface area contributed by atoms with Gasteiger partial charge in [0.25, 0.3) is 0 Å². The molecule has 2 aromatic rings. The fourth-order valence-corrected chi connectivity index (χ4v) is 2.64. The molecular formula is C13H12BrClN2O2. The molecule has 1 aromatic carbocycles. The van der Waals surface area contributed by atoms with Crippen LogP contribution in [0, 0.1) is 0 Å². The summed E-state index contributed by atoms with van der Waals surface area (Å²) in [5.74, 6) is -0.340. The Morgan fingerprint density at radius 1 is 1.37 bits per heavy atom. The Labute approximate surface area is 123 Å². The fourth-order valence-electron chi connectivity index (χ4n) is 1.92. The largest absolute Gasteiger partial charge is 0.323 e. The summed E-state index contributed by atoms with van der Waals surface area (Å²) in [4.78, 5) is 23.4. The SMILES string of the molecule is CC(=O)n1c(Cl)c(NC(=O)CCBr)c2ccccc21. The maximum Gasteiger partial charge on any atom is 0.229 e. The topological polar surface area (TPSA) is 51.1 Å². The number of hydrogen-bond acceptors (Lipinski definition) is 2. The fraction of sp³-hybridized carbons (Fsp3) is 0.231. The summed E-state index contributed by atoms with van der Waals surface area (Å²) < 4.78 is 1.39. The van der Waals surface area contributed by atoms with Crippen molar-refractivity contribution < 1.29 is 9.59 Å². The molecule has 0 fully saturated rings. The predicted octanol–water partition coefficient (Wildman–Crippen LogP) is 3.68. The van der Waals surface area contributed by atoms with Crippen LogP contribution in [0.3, 0.4) is 0 Å². The van der Waals surface area contributed by atoms with Gasteiger partial charge < -0.3 is 5.32 Å². The Morgan fingerprint density at radius 2 is 2.05 bits per heavy atom. The number of nitrogens with zero attached hydrogens (tertiary/aromatic N) is 1. The highest BCUT2D eigenvalue weighted by Crippen LogP contribution is 2.34. The lowest BCUT2D eigenvalue weighted by Gasteiger charge is -2.03. The molecule has 0 unspecified atom stereocenters. The van der Waals surface area contributed by atoms with Crippen molar-refractivity contribution in [3.8, 4) is 0 Å². The first kappa shape index (κ1) is 14.1. The number of rotatable bonds is 3. The van der Waals surface area contributed by atoms with E-state index in [1.807, 2.05) is 18.2 Å². The number of halogens is 2. The van der Waals surface area contributed by atoms with Gasteiger partial charge in [0, 0.05) is 24.1 Å². The smallest absolute Gasteiger partial charge is 0.229 e. The molecule has 1 aromatic heterocycles. The number of para-hydroxylation sites is 1. The third-order valence-electron chi connectivity index (χ3n) is 2.72. The van der Waals surface area contributed by atoms with Crippen LogP contribution in [-0.2, 0) is 4.79 Å². The van der Waals surface area contributed by atoms with Crippen molar-refractivity contribution in [2.75, 3.05) is 10.6 Å². The number of carbonyl (C=O) groups is 2. The quantitative estimate of drug-likeness (QED) is 0.864. The normalized spacial score (nSPS) is 10.7. The molecule has 0 saturated carbocycles. The Balaban J connectivity index is 2.57. The second-order valence-electron chi connectivity index (χ2n) is 4.02. The van der Waals surface area contributed by atoms with E-state index in [1.165, 1.54) is 11.5 Å². The number of nitrogens with one attached hydrogen (secondary N) is 1. The number of amides is 1. The van der Waals surface area contributed by atoms with Gasteiger partial charge >= 0.3 is 0 Å². The van der Waals surface area contributed by atoms with E-state index in [-0.39, 0.29) is 17.0 Å². The molecule has 0 aliphatic rings. The number of benzene rings is 1. The zero-order chi connectivity index (χ0) is 14.0. The lowest BCUT2D eigenvalue weighted by Crippen LogP contribution is -2.12. The molecule has 0 aliphatic heterocycles. The van der Waals surface area contributed by atoms with Gasteiger partial charge in [-0.1, -0.05) is 45.7 Å². The zero-order valence-corrected chi connectivity index (χ0v) is 12.6. The molecular weight excluding hydrogens is 332 g/mol. The number of alkyl halides is 1. The molecule has 1 N–H and O–H groups in total. The molecule has 6 heteroatoms. The van der Waals surface area contributed by atoms with E-state index < -0.39 is 0 Å². The van der Waals surface area contributed by atoms with Gasteiger partial charge in [0.1, 0.15) is 5.15 Å². The number of hydrogen-bond donors (Lipinski definition) is 1. The standard InChI is InChI=1S/C13H12BrClN2O2/c1-8(18)17-10-5-3-2-4-9(10)12(13(17)15)16-11(19)6-7-14/h2-5H,6-7H2,1H3,(H,16,19). The zero-order valence-electron chi connectivity index (χ0n) is 10.2. The first-order valence-corrected chi connectivity index (χ1v) is 7.22. The number of carbonyl (C=O) groups excluding carboxylic acids is 2. The molecule has 2 rings (SSSR count). The van der Waals surface area contributed by atoms with Gasteiger partial charge in [-0.25, -0.2) is 0 Å². The van der Waals surface area contributed by atoms with Crippen molar-refractivity contribution in [1.82, 2.24) is 4.57 Å². The molecule has 0 spiro atoms. The molecule has 0 bridgehead atoms. The van der Waals surface area contributed by atoms with E-state index in [1.54, 1.807) is 6.07 Å². The second kappa shape index (κ2) is 5.75. The van der Waals surface area contributed by atoms with Gasteiger partial charge in [-0.05, 0) is 6.07 Å². The summed E-state index contributed by atoms with van der Waals surface area (Å²) in [5.41, 5.74) is 1.17. The minimum Gasteiger partial charge on any atom is -0.323 e. The lowest BCUT2D eigenvalue weighted by atomic mass is 10.2. The Kier molecular flexibility index (Phi) is 4.27.